The summed E-state index contributed by atoms with van der Waals surface area (Å²) in [4.78, 5) is 0. The van der Waals surface area contributed by atoms with Crippen molar-refractivity contribution in [3.05, 3.63) is 29.8 Å². The number of benzene rings is 1. The number of halogens is 1. The molecule has 0 amide bonds. The Hall–Kier alpha value is -1.09. The van der Waals surface area contributed by atoms with Gasteiger partial charge >= 0.3 is 0 Å². The standard InChI is InChI=1S/C12H15FO2/c13-12(5-7-15-8-6-12)9-10-1-3-11(14)4-2-10/h1-4,14H,5-9H2. The van der Waals surface area contributed by atoms with Gasteiger partial charge in [-0.3, -0.25) is 0 Å². The molecule has 0 unspecified atom stereocenters. The number of hydrogen-bond acceptors (Lipinski definition) is 2. The Morgan fingerprint density at radius 3 is 2.40 bits per heavy atom. The highest BCUT2D eigenvalue weighted by atomic mass is 19.1. The Bertz CT molecular complexity index is 315. The van der Waals surface area contributed by atoms with Gasteiger partial charge in [-0.1, -0.05) is 12.1 Å². The van der Waals surface area contributed by atoms with Crippen molar-refractivity contribution >= 4 is 0 Å². The Morgan fingerprint density at radius 2 is 1.80 bits per heavy atom. The molecule has 15 heavy (non-hydrogen) atoms. The van der Waals surface area contributed by atoms with Gasteiger partial charge in [0.25, 0.3) is 0 Å². The second-order valence-electron chi connectivity index (χ2n) is 4.11. The fourth-order valence-corrected chi connectivity index (χ4v) is 1.89. The molecule has 1 aliphatic heterocycles. The van der Waals surface area contributed by atoms with Gasteiger partial charge in [0.05, 0.1) is 0 Å². The first-order valence-corrected chi connectivity index (χ1v) is 5.23. The average molecular weight is 210 g/mol. The van der Waals surface area contributed by atoms with Crippen LogP contribution in [0.25, 0.3) is 0 Å². The maximum Gasteiger partial charge on any atom is 0.119 e. The smallest absolute Gasteiger partial charge is 0.119 e. The number of aromatic hydroxyl groups is 1. The molecule has 1 aliphatic rings. The Labute approximate surface area is 88.7 Å². The van der Waals surface area contributed by atoms with E-state index in [0.29, 0.717) is 32.5 Å². The van der Waals surface area contributed by atoms with E-state index in [1.165, 1.54) is 0 Å². The van der Waals surface area contributed by atoms with E-state index >= 15 is 0 Å². The number of ether oxygens (including phenoxy) is 1. The molecule has 0 aliphatic carbocycles. The lowest BCUT2D eigenvalue weighted by Gasteiger charge is -2.29. The van der Waals surface area contributed by atoms with Crippen LogP contribution in [0, 0.1) is 0 Å². The largest absolute Gasteiger partial charge is 0.508 e. The van der Waals surface area contributed by atoms with Gasteiger partial charge in [0.15, 0.2) is 0 Å². The van der Waals surface area contributed by atoms with Gasteiger partial charge in [-0.15, -0.1) is 0 Å². The van der Waals surface area contributed by atoms with E-state index in [9.17, 15) is 4.39 Å². The van der Waals surface area contributed by atoms with Crippen molar-refractivity contribution in [3.63, 3.8) is 0 Å². The molecular weight excluding hydrogens is 195 g/mol. The fraction of sp³-hybridized carbons (Fsp3) is 0.500. The van der Waals surface area contributed by atoms with E-state index in [2.05, 4.69) is 0 Å². The Morgan fingerprint density at radius 1 is 1.20 bits per heavy atom. The highest BCUT2D eigenvalue weighted by molar-refractivity contribution is 5.27. The van der Waals surface area contributed by atoms with E-state index in [1.807, 2.05) is 0 Å². The van der Waals surface area contributed by atoms with Gasteiger partial charge in [-0.05, 0) is 17.7 Å². The van der Waals surface area contributed by atoms with Gasteiger partial charge in [0, 0.05) is 32.5 Å². The van der Waals surface area contributed by atoms with E-state index in [0.717, 1.165) is 5.56 Å². The van der Waals surface area contributed by atoms with Gasteiger partial charge in [-0.2, -0.15) is 0 Å². The van der Waals surface area contributed by atoms with Gasteiger partial charge in [0.1, 0.15) is 11.4 Å². The molecule has 0 radical (unpaired) electrons. The Balaban J connectivity index is 2.03. The topological polar surface area (TPSA) is 29.5 Å². The predicted molar refractivity (Wildman–Crippen MR) is 55.7 cm³/mol. The van der Waals surface area contributed by atoms with E-state index in [1.54, 1.807) is 24.3 Å². The number of phenols is 1. The summed E-state index contributed by atoms with van der Waals surface area (Å²) in [7, 11) is 0. The lowest BCUT2D eigenvalue weighted by molar-refractivity contribution is -0.00816. The summed E-state index contributed by atoms with van der Waals surface area (Å²) in [6.45, 7) is 1.02. The summed E-state index contributed by atoms with van der Waals surface area (Å²) >= 11 is 0. The highest BCUT2D eigenvalue weighted by Gasteiger charge is 2.32. The van der Waals surface area contributed by atoms with Crippen LogP contribution in [0.5, 0.6) is 5.75 Å². The van der Waals surface area contributed by atoms with Crippen LogP contribution in [-0.2, 0) is 11.2 Å². The van der Waals surface area contributed by atoms with Crippen molar-refractivity contribution < 1.29 is 14.2 Å². The molecule has 0 bridgehead atoms. The molecule has 1 heterocycles. The minimum Gasteiger partial charge on any atom is -0.508 e. The highest BCUT2D eigenvalue weighted by Crippen LogP contribution is 2.29. The first kappa shape index (κ1) is 10.4. The molecule has 1 aromatic rings. The van der Waals surface area contributed by atoms with Crippen molar-refractivity contribution in [3.8, 4) is 5.75 Å². The molecule has 2 nitrogen and oxygen atoms in total. The second-order valence-corrected chi connectivity index (χ2v) is 4.11. The number of phenolic OH excluding ortho intramolecular Hbond substituents is 1. The summed E-state index contributed by atoms with van der Waals surface area (Å²) in [6, 6.07) is 6.73. The summed E-state index contributed by atoms with van der Waals surface area (Å²) in [5, 5.41) is 9.11. The molecule has 2 rings (SSSR count). The Kier molecular flexibility index (Phi) is 2.91. The first-order valence-electron chi connectivity index (χ1n) is 5.23. The number of alkyl halides is 1. The maximum atomic E-state index is 14.2. The lowest BCUT2D eigenvalue weighted by atomic mass is 9.89. The number of rotatable bonds is 2. The molecule has 0 atom stereocenters. The molecule has 1 saturated heterocycles. The normalized spacial score (nSPS) is 20.1. The van der Waals surface area contributed by atoms with Gasteiger partial charge < -0.3 is 9.84 Å². The van der Waals surface area contributed by atoms with E-state index in [-0.39, 0.29) is 5.75 Å². The SMILES string of the molecule is Oc1ccc(CC2(F)CCOCC2)cc1. The molecule has 0 aromatic heterocycles. The predicted octanol–water partition coefficient (Wildman–Crippen LogP) is 2.45. The third-order valence-corrected chi connectivity index (χ3v) is 2.85. The summed E-state index contributed by atoms with van der Waals surface area (Å²) in [5.41, 5.74) is -0.202. The van der Waals surface area contributed by atoms with Crippen LogP contribution in [0.2, 0.25) is 0 Å². The van der Waals surface area contributed by atoms with Crippen LogP contribution in [0.15, 0.2) is 24.3 Å². The maximum absolute atomic E-state index is 14.2. The van der Waals surface area contributed by atoms with Crippen LogP contribution in [0.4, 0.5) is 4.39 Å². The molecule has 3 heteroatoms. The van der Waals surface area contributed by atoms with Crippen molar-refractivity contribution in [2.45, 2.75) is 24.9 Å². The van der Waals surface area contributed by atoms with Crippen LogP contribution in [0.1, 0.15) is 18.4 Å². The molecule has 1 fully saturated rings. The molecule has 0 spiro atoms. The first-order chi connectivity index (χ1) is 7.18. The van der Waals surface area contributed by atoms with Crippen molar-refractivity contribution in [1.82, 2.24) is 0 Å². The minimum absolute atomic E-state index is 0.221. The minimum atomic E-state index is -1.13. The molecule has 0 saturated carbocycles. The summed E-state index contributed by atoms with van der Waals surface area (Å²) in [5.74, 6) is 0.221. The third kappa shape index (κ3) is 2.69. The van der Waals surface area contributed by atoms with E-state index in [4.69, 9.17) is 9.84 Å². The second kappa shape index (κ2) is 4.19. The van der Waals surface area contributed by atoms with Crippen molar-refractivity contribution in [1.29, 1.82) is 0 Å². The van der Waals surface area contributed by atoms with Crippen LogP contribution >= 0.6 is 0 Å². The average Bonchev–Trinajstić information content (AvgIpc) is 2.22. The van der Waals surface area contributed by atoms with Crippen molar-refractivity contribution in [2.75, 3.05) is 13.2 Å². The van der Waals surface area contributed by atoms with Crippen molar-refractivity contribution in [2.24, 2.45) is 0 Å². The number of hydrogen-bond donors (Lipinski definition) is 1. The summed E-state index contributed by atoms with van der Waals surface area (Å²) < 4.78 is 19.4. The zero-order valence-corrected chi connectivity index (χ0v) is 8.58. The molecule has 1 aromatic carbocycles. The molecular formula is C12H15FO2. The molecule has 82 valence electrons. The fourth-order valence-electron chi connectivity index (χ4n) is 1.89. The van der Waals surface area contributed by atoms with E-state index < -0.39 is 5.67 Å². The third-order valence-electron chi connectivity index (χ3n) is 2.85. The van der Waals surface area contributed by atoms with Crippen LogP contribution < -0.4 is 0 Å². The lowest BCUT2D eigenvalue weighted by Crippen LogP contribution is -2.33. The zero-order chi connectivity index (χ0) is 10.7. The van der Waals surface area contributed by atoms with Crippen LogP contribution in [0.3, 0.4) is 0 Å². The monoisotopic (exact) mass is 210 g/mol. The quantitative estimate of drug-likeness (QED) is 0.812. The van der Waals surface area contributed by atoms with Gasteiger partial charge in [0.2, 0.25) is 0 Å². The van der Waals surface area contributed by atoms with Crippen LogP contribution in [-0.4, -0.2) is 24.0 Å². The zero-order valence-electron chi connectivity index (χ0n) is 8.58. The van der Waals surface area contributed by atoms with Gasteiger partial charge in [-0.25, -0.2) is 4.39 Å². The summed E-state index contributed by atoms with van der Waals surface area (Å²) in [6.07, 6.45) is 1.35. The molecule has 1 N–H and O–H groups in total.